The Balaban J connectivity index is 1.05. The van der Waals surface area contributed by atoms with E-state index in [2.05, 4.69) is 181 Å². The van der Waals surface area contributed by atoms with Gasteiger partial charge in [-0.15, -0.1) is 0 Å². The lowest BCUT2D eigenvalue weighted by Crippen LogP contribution is -2.56. The van der Waals surface area contributed by atoms with Gasteiger partial charge in [-0.1, -0.05) is 81.4 Å². The lowest BCUT2D eigenvalue weighted by atomic mass is 9.42. The van der Waals surface area contributed by atoms with Crippen molar-refractivity contribution in [2.45, 2.75) is 63.7 Å². The molecule has 0 radical (unpaired) electrons. The first-order valence-electron chi connectivity index (χ1n) is 20.6. The molecule has 56 heavy (non-hydrogen) atoms. The molecule has 278 valence electrons. The number of imidazole rings is 1. The molecule has 0 saturated heterocycles. The fraction of sp³-hybridized carbons (Fsp3) is 0.294. The van der Waals surface area contributed by atoms with Gasteiger partial charge >= 0.3 is 0 Å². The Morgan fingerprint density at radius 3 is 2.11 bits per heavy atom. The van der Waals surface area contributed by atoms with Crippen molar-refractivity contribution in [1.29, 1.82) is 0 Å². The summed E-state index contributed by atoms with van der Waals surface area (Å²) in [6.07, 6.45) is 11.0. The molecule has 0 atom stereocenters. The molecule has 0 spiro atoms. The van der Waals surface area contributed by atoms with E-state index in [0.29, 0.717) is 11.8 Å². The normalized spacial score (nSPS) is 23.1. The Morgan fingerprint density at radius 2 is 1.34 bits per heavy atom. The quantitative estimate of drug-likeness (QED) is 0.160. The first-order valence-corrected chi connectivity index (χ1v) is 20.6. The van der Waals surface area contributed by atoms with Gasteiger partial charge in [0.05, 0.1) is 18.1 Å². The number of aromatic nitrogens is 4. The van der Waals surface area contributed by atoms with E-state index in [9.17, 15) is 0 Å². The summed E-state index contributed by atoms with van der Waals surface area (Å²) in [5, 5.41) is 2.42. The molecule has 0 unspecified atom stereocenters. The van der Waals surface area contributed by atoms with Crippen LogP contribution in [-0.4, -0.2) is 14.1 Å². The van der Waals surface area contributed by atoms with E-state index in [1.807, 2.05) is 0 Å². The topological polar surface area (TPSA) is 35.9 Å². The number of pyridine rings is 1. The highest BCUT2D eigenvalue weighted by Gasteiger charge is 2.58. The lowest BCUT2D eigenvalue weighted by molar-refractivity contribution is -0.645. The molecule has 3 heterocycles. The van der Waals surface area contributed by atoms with Crippen LogP contribution in [0.5, 0.6) is 11.5 Å². The molecule has 0 aliphatic heterocycles. The van der Waals surface area contributed by atoms with E-state index in [-0.39, 0.29) is 10.8 Å². The summed E-state index contributed by atoms with van der Waals surface area (Å²) >= 11 is 0. The van der Waals surface area contributed by atoms with Crippen molar-refractivity contribution < 1.29 is 9.30 Å². The Kier molecular flexibility index (Phi) is 7.46. The zero-order valence-corrected chi connectivity index (χ0v) is 32.8. The van der Waals surface area contributed by atoms with Gasteiger partial charge in [-0.25, -0.2) is 9.55 Å². The molecule has 0 amide bonds. The van der Waals surface area contributed by atoms with E-state index in [1.165, 1.54) is 65.1 Å². The third kappa shape index (κ3) is 5.12. The van der Waals surface area contributed by atoms with E-state index >= 15 is 0 Å². The van der Waals surface area contributed by atoms with Crippen molar-refractivity contribution in [1.82, 2.24) is 14.1 Å². The Morgan fingerprint density at radius 1 is 0.643 bits per heavy atom. The third-order valence-corrected chi connectivity index (χ3v) is 13.9. The minimum Gasteiger partial charge on any atom is -0.457 e. The molecule has 5 heteroatoms. The molecule has 0 N–H and O–H groups in total. The van der Waals surface area contributed by atoms with E-state index in [4.69, 9.17) is 9.72 Å². The molecular formula is C51H49N4O+. The summed E-state index contributed by atoms with van der Waals surface area (Å²) in [4.78, 5) is 5.16. The molecule has 4 bridgehead atoms. The van der Waals surface area contributed by atoms with Crippen molar-refractivity contribution in [2.24, 2.45) is 30.7 Å². The van der Waals surface area contributed by atoms with Gasteiger partial charge in [-0.3, -0.25) is 4.57 Å². The number of hydrogen-bond acceptors (Lipinski definition) is 2. The number of aryl methyl sites for hydroxylation is 1. The van der Waals surface area contributed by atoms with Crippen LogP contribution in [0.4, 0.5) is 0 Å². The molecule has 8 aromatic rings. The molecule has 5 nitrogen and oxygen atoms in total. The largest absolute Gasteiger partial charge is 0.457 e. The highest BCUT2D eigenvalue weighted by Crippen LogP contribution is 2.65. The Hall–Kier alpha value is -5.68. The fourth-order valence-electron chi connectivity index (χ4n) is 11.6. The summed E-state index contributed by atoms with van der Waals surface area (Å²) in [6.45, 7) is 6.79. The van der Waals surface area contributed by atoms with Gasteiger partial charge in [0.25, 0.3) is 0 Å². The maximum absolute atomic E-state index is 6.89. The van der Waals surface area contributed by atoms with Crippen LogP contribution in [0.3, 0.4) is 0 Å². The molecule has 3 aromatic heterocycles. The second-order valence-corrected chi connectivity index (χ2v) is 18.1. The molecule has 4 aliphatic carbocycles. The lowest BCUT2D eigenvalue weighted by Gasteiger charge is -2.62. The molecule has 4 aliphatic rings. The van der Waals surface area contributed by atoms with Gasteiger partial charge < -0.3 is 4.74 Å². The summed E-state index contributed by atoms with van der Waals surface area (Å²) in [7, 11) is 2.10. The van der Waals surface area contributed by atoms with Crippen molar-refractivity contribution in [3.05, 3.63) is 157 Å². The first kappa shape index (κ1) is 33.6. The fourth-order valence-corrected chi connectivity index (χ4v) is 11.6. The zero-order valence-electron chi connectivity index (χ0n) is 32.8. The van der Waals surface area contributed by atoms with Crippen molar-refractivity contribution >= 4 is 32.8 Å². The second kappa shape index (κ2) is 12.4. The minimum atomic E-state index is -0.0687. The van der Waals surface area contributed by atoms with E-state index in [0.717, 1.165) is 51.4 Å². The molecular weight excluding hydrogens is 685 g/mol. The van der Waals surface area contributed by atoms with Gasteiger partial charge in [-0.05, 0) is 132 Å². The highest BCUT2D eigenvalue weighted by atomic mass is 16.5. The predicted octanol–water partition coefficient (Wildman–Crippen LogP) is 11.8. The number of fused-ring (bicyclic) bond motifs is 4. The van der Waals surface area contributed by atoms with Crippen LogP contribution < -0.4 is 9.30 Å². The maximum atomic E-state index is 6.89. The number of rotatable bonds is 6. The first-order chi connectivity index (χ1) is 27.2. The van der Waals surface area contributed by atoms with Gasteiger partial charge in [0.15, 0.2) is 11.0 Å². The summed E-state index contributed by atoms with van der Waals surface area (Å²) in [5.41, 5.74) is 9.77. The van der Waals surface area contributed by atoms with Crippen LogP contribution in [0, 0.1) is 23.7 Å². The van der Waals surface area contributed by atoms with Gasteiger partial charge in [0, 0.05) is 34.5 Å². The summed E-state index contributed by atoms with van der Waals surface area (Å²) < 4.78 is 13.7. The molecule has 4 fully saturated rings. The third-order valence-electron chi connectivity index (χ3n) is 13.9. The van der Waals surface area contributed by atoms with Crippen LogP contribution in [-0.2, 0) is 17.9 Å². The molecule has 12 rings (SSSR count). The number of ether oxygens (including phenoxy) is 1. The number of nitrogens with zero attached hydrogens (tertiary/aromatic N) is 4. The maximum Gasteiger partial charge on any atom is 0.249 e. The van der Waals surface area contributed by atoms with Crippen LogP contribution in [0.1, 0.15) is 69.6 Å². The van der Waals surface area contributed by atoms with Crippen LogP contribution in [0.15, 0.2) is 140 Å². The van der Waals surface area contributed by atoms with Crippen molar-refractivity contribution in [3.63, 3.8) is 0 Å². The molecule has 5 aromatic carbocycles. The van der Waals surface area contributed by atoms with Crippen molar-refractivity contribution in [3.8, 4) is 23.0 Å². The standard InChI is InChI=1S/C51H49N4O/c1-50(2,3)37-27-40(54-32-53(4)46-16-10-11-17-47(46)54)30-42(28-37)56-41-18-19-44-43-14-8-9-15-45(43)55(48(44)31-41)49-29-36(20-21-52-49)51(35-12-6-5-7-13-35)38-23-33-22-34(25-38)26-39(51)24-33/h5-21,27-34,38-39H,22-26H2,1-4H3/q+1. The number of benzene rings is 5. The average Bonchev–Trinajstić information content (AvgIpc) is 3.72. The second-order valence-electron chi connectivity index (χ2n) is 18.1. The van der Waals surface area contributed by atoms with Gasteiger partial charge in [0.1, 0.15) is 23.0 Å². The smallest absolute Gasteiger partial charge is 0.249 e. The van der Waals surface area contributed by atoms with Gasteiger partial charge in [0.2, 0.25) is 6.33 Å². The number of hydrogen-bond donors (Lipinski definition) is 0. The summed E-state index contributed by atoms with van der Waals surface area (Å²) in [6, 6.07) is 46.8. The minimum absolute atomic E-state index is 0.0112. The Bertz CT molecular complexity index is 2770. The van der Waals surface area contributed by atoms with Crippen molar-refractivity contribution in [2.75, 3.05) is 0 Å². The van der Waals surface area contributed by atoms with E-state index in [1.54, 1.807) is 0 Å². The monoisotopic (exact) mass is 733 g/mol. The average molecular weight is 734 g/mol. The zero-order chi connectivity index (χ0) is 37.8. The SMILES string of the molecule is C[n+]1cn(-c2cc(Oc3ccc4c5ccccc5n(-c5cc(C6(c7ccccc7)C7CC8CC(C7)CC6C8)ccn5)c4c3)cc(C(C)(C)C)c2)c2ccccc21. The van der Waals surface area contributed by atoms with E-state index < -0.39 is 0 Å². The van der Waals surface area contributed by atoms with Crippen LogP contribution in [0.2, 0.25) is 0 Å². The Labute approximate surface area is 329 Å². The van der Waals surface area contributed by atoms with Gasteiger partial charge in [-0.2, -0.15) is 4.57 Å². The van der Waals surface area contributed by atoms with Crippen LogP contribution >= 0.6 is 0 Å². The summed E-state index contributed by atoms with van der Waals surface area (Å²) in [5.74, 6) is 5.69. The highest BCUT2D eigenvalue weighted by molar-refractivity contribution is 6.09. The molecule has 4 saturated carbocycles. The predicted molar refractivity (Wildman–Crippen MR) is 226 cm³/mol. The van der Waals surface area contributed by atoms with Crippen LogP contribution in [0.25, 0.3) is 44.3 Å². The number of para-hydroxylation sites is 3.